The van der Waals surface area contributed by atoms with Gasteiger partial charge in [-0.05, 0) is 50.7 Å². The van der Waals surface area contributed by atoms with E-state index < -0.39 is 11.6 Å². The number of amides is 1. The van der Waals surface area contributed by atoms with Gasteiger partial charge in [-0.1, -0.05) is 6.07 Å². The van der Waals surface area contributed by atoms with E-state index in [1.807, 2.05) is 0 Å². The molecule has 1 amide bonds. The summed E-state index contributed by atoms with van der Waals surface area (Å²) in [5, 5.41) is 2.94. The van der Waals surface area contributed by atoms with Gasteiger partial charge in [0.25, 0.3) is 0 Å². The molecule has 5 heteroatoms. The molecule has 0 atom stereocenters. The first-order chi connectivity index (χ1) is 9.04. The first-order valence-electron chi connectivity index (χ1n) is 6.46. The molecule has 0 bridgehead atoms. The second-order valence-electron chi connectivity index (χ2n) is 5.07. The van der Waals surface area contributed by atoms with E-state index in [1.165, 1.54) is 6.07 Å². The summed E-state index contributed by atoms with van der Waals surface area (Å²) in [5.41, 5.74) is 0.490. The number of piperidine rings is 1. The van der Waals surface area contributed by atoms with Crippen LogP contribution in [-0.2, 0) is 11.2 Å². The standard InChI is InChI=1S/C14H18F2N2O/c1-18-6-4-11(5-7-18)17-14(19)9-10-2-3-12(15)13(16)8-10/h2-3,8,11H,4-7,9H2,1H3,(H,17,19). The van der Waals surface area contributed by atoms with Crippen LogP contribution in [0.3, 0.4) is 0 Å². The highest BCUT2D eigenvalue weighted by Gasteiger charge is 2.18. The van der Waals surface area contributed by atoms with Crippen LogP contribution in [0.5, 0.6) is 0 Å². The largest absolute Gasteiger partial charge is 0.353 e. The molecule has 2 rings (SSSR count). The van der Waals surface area contributed by atoms with E-state index in [2.05, 4.69) is 17.3 Å². The van der Waals surface area contributed by atoms with Crippen molar-refractivity contribution in [2.75, 3.05) is 20.1 Å². The lowest BCUT2D eigenvalue weighted by Gasteiger charge is -2.29. The summed E-state index contributed by atoms with van der Waals surface area (Å²) in [6.45, 7) is 1.94. The van der Waals surface area contributed by atoms with Crippen LogP contribution in [0.15, 0.2) is 18.2 Å². The normalized spacial score (nSPS) is 17.4. The lowest BCUT2D eigenvalue weighted by atomic mass is 10.0. The van der Waals surface area contributed by atoms with Gasteiger partial charge in [-0.25, -0.2) is 8.78 Å². The van der Waals surface area contributed by atoms with Crippen LogP contribution in [0.25, 0.3) is 0 Å². The van der Waals surface area contributed by atoms with E-state index in [0.29, 0.717) is 5.56 Å². The van der Waals surface area contributed by atoms with Crippen molar-refractivity contribution < 1.29 is 13.6 Å². The fourth-order valence-corrected chi connectivity index (χ4v) is 2.27. The molecule has 0 radical (unpaired) electrons. The van der Waals surface area contributed by atoms with Gasteiger partial charge in [-0.15, -0.1) is 0 Å². The van der Waals surface area contributed by atoms with Crippen molar-refractivity contribution in [3.8, 4) is 0 Å². The zero-order chi connectivity index (χ0) is 13.8. The third-order valence-electron chi connectivity index (χ3n) is 3.43. The molecule has 1 aliphatic rings. The first kappa shape index (κ1) is 13.9. The van der Waals surface area contributed by atoms with E-state index in [1.54, 1.807) is 0 Å². The zero-order valence-electron chi connectivity index (χ0n) is 11.0. The Kier molecular flexibility index (Phi) is 4.47. The van der Waals surface area contributed by atoms with Gasteiger partial charge in [-0.2, -0.15) is 0 Å². The van der Waals surface area contributed by atoms with E-state index in [4.69, 9.17) is 0 Å². The van der Waals surface area contributed by atoms with Crippen LogP contribution in [-0.4, -0.2) is 37.0 Å². The summed E-state index contributed by atoms with van der Waals surface area (Å²) in [7, 11) is 2.05. The maximum Gasteiger partial charge on any atom is 0.224 e. The maximum atomic E-state index is 13.0. The van der Waals surface area contributed by atoms with E-state index >= 15 is 0 Å². The third-order valence-corrected chi connectivity index (χ3v) is 3.43. The van der Waals surface area contributed by atoms with Crippen molar-refractivity contribution >= 4 is 5.91 Å². The number of rotatable bonds is 3. The number of halogens is 2. The molecule has 0 spiro atoms. The highest BCUT2D eigenvalue weighted by molar-refractivity contribution is 5.78. The van der Waals surface area contributed by atoms with Crippen LogP contribution < -0.4 is 5.32 Å². The monoisotopic (exact) mass is 268 g/mol. The molecule has 1 fully saturated rings. The average Bonchev–Trinajstić information content (AvgIpc) is 2.37. The molecule has 104 valence electrons. The number of carbonyl (C=O) groups is 1. The summed E-state index contributed by atoms with van der Waals surface area (Å²) >= 11 is 0. The van der Waals surface area contributed by atoms with Crippen molar-refractivity contribution in [3.05, 3.63) is 35.4 Å². The van der Waals surface area contributed by atoms with E-state index in [9.17, 15) is 13.6 Å². The maximum absolute atomic E-state index is 13.0. The van der Waals surface area contributed by atoms with Gasteiger partial charge in [0.15, 0.2) is 11.6 Å². The lowest BCUT2D eigenvalue weighted by Crippen LogP contribution is -2.43. The second-order valence-corrected chi connectivity index (χ2v) is 5.07. The summed E-state index contributed by atoms with van der Waals surface area (Å²) in [6.07, 6.45) is 1.95. The molecule has 3 nitrogen and oxygen atoms in total. The minimum atomic E-state index is -0.912. The number of hydrogen-bond donors (Lipinski definition) is 1. The molecule has 1 aromatic carbocycles. The van der Waals surface area contributed by atoms with Crippen LogP contribution in [0.2, 0.25) is 0 Å². The molecule has 0 unspecified atom stereocenters. The molecule has 1 aromatic rings. The Labute approximate surface area is 111 Å². The topological polar surface area (TPSA) is 32.3 Å². The van der Waals surface area contributed by atoms with Crippen molar-refractivity contribution in [3.63, 3.8) is 0 Å². The molecule has 1 N–H and O–H groups in total. The number of nitrogens with one attached hydrogen (secondary N) is 1. The first-order valence-corrected chi connectivity index (χ1v) is 6.46. The Morgan fingerprint density at radius 3 is 2.63 bits per heavy atom. The molecule has 1 heterocycles. The summed E-state index contributed by atoms with van der Waals surface area (Å²) in [4.78, 5) is 14.0. The van der Waals surface area contributed by atoms with Gasteiger partial charge < -0.3 is 10.2 Å². The highest BCUT2D eigenvalue weighted by atomic mass is 19.2. The van der Waals surface area contributed by atoms with Crippen LogP contribution in [0.4, 0.5) is 8.78 Å². The Morgan fingerprint density at radius 2 is 2.00 bits per heavy atom. The zero-order valence-corrected chi connectivity index (χ0v) is 11.0. The Balaban J connectivity index is 1.85. The van der Waals surface area contributed by atoms with Gasteiger partial charge >= 0.3 is 0 Å². The van der Waals surface area contributed by atoms with Crippen LogP contribution in [0, 0.1) is 11.6 Å². The van der Waals surface area contributed by atoms with Gasteiger partial charge in [0.1, 0.15) is 0 Å². The van der Waals surface area contributed by atoms with Gasteiger partial charge in [0.05, 0.1) is 6.42 Å². The SMILES string of the molecule is CN1CCC(NC(=O)Cc2ccc(F)c(F)c2)CC1. The Bertz CT molecular complexity index is 457. The smallest absolute Gasteiger partial charge is 0.224 e. The number of likely N-dealkylation sites (tertiary alicyclic amines) is 1. The van der Waals surface area contributed by atoms with Crippen LogP contribution >= 0.6 is 0 Å². The minimum absolute atomic E-state index is 0.0868. The lowest BCUT2D eigenvalue weighted by molar-refractivity contribution is -0.121. The predicted octanol–water partition coefficient (Wildman–Crippen LogP) is 1.72. The van der Waals surface area contributed by atoms with Gasteiger partial charge in [0, 0.05) is 6.04 Å². The van der Waals surface area contributed by atoms with E-state index in [0.717, 1.165) is 38.1 Å². The summed E-state index contributed by atoms with van der Waals surface area (Å²) in [6, 6.07) is 3.75. The van der Waals surface area contributed by atoms with Crippen molar-refractivity contribution in [1.29, 1.82) is 0 Å². The fraction of sp³-hybridized carbons (Fsp3) is 0.500. The minimum Gasteiger partial charge on any atom is -0.353 e. The fourth-order valence-electron chi connectivity index (χ4n) is 2.27. The number of nitrogens with zero attached hydrogens (tertiary/aromatic N) is 1. The Morgan fingerprint density at radius 1 is 1.32 bits per heavy atom. The average molecular weight is 268 g/mol. The summed E-state index contributed by atoms with van der Waals surface area (Å²) < 4.78 is 25.8. The third kappa shape index (κ3) is 3.99. The molecular formula is C14H18F2N2O. The Hall–Kier alpha value is -1.49. The number of carbonyl (C=O) groups excluding carboxylic acids is 1. The molecule has 0 aliphatic carbocycles. The number of hydrogen-bond acceptors (Lipinski definition) is 2. The van der Waals surface area contributed by atoms with E-state index in [-0.39, 0.29) is 18.4 Å². The van der Waals surface area contributed by atoms with Crippen molar-refractivity contribution in [2.45, 2.75) is 25.3 Å². The van der Waals surface area contributed by atoms with Gasteiger partial charge in [-0.3, -0.25) is 4.79 Å². The molecule has 0 aromatic heterocycles. The van der Waals surface area contributed by atoms with Crippen molar-refractivity contribution in [2.24, 2.45) is 0 Å². The molecule has 1 saturated heterocycles. The summed E-state index contributed by atoms with van der Waals surface area (Å²) in [5.74, 6) is -1.94. The number of benzene rings is 1. The molecular weight excluding hydrogens is 250 g/mol. The molecule has 0 saturated carbocycles. The quantitative estimate of drug-likeness (QED) is 0.905. The molecule has 1 aliphatic heterocycles. The van der Waals surface area contributed by atoms with Crippen molar-refractivity contribution in [1.82, 2.24) is 10.2 Å². The second kappa shape index (κ2) is 6.10. The predicted molar refractivity (Wildman–Crippen MR) is 68.7 cm³/mol. The highest BCUT2D eigenvalue weighted by Crippen LogP contribution is 2.11. The van der Waals surface area contributed by atoms with Crippen LogP contribution in [0.1, 0.15) is 18.4 Å². The van der Waals surface area contributed by atoms with Gasteiger partial charge in [0.2, 0.25) is 5.91 Å². The molecule has 19 heavy (non-hydrogen) atoms.